The zero-order chi connectivity index (χ0) is 26.0. The number of aliphatic hydroxyl groups is 2. The number of anilines is 1. The molecule has 2 bridgehead atoms. The first-order valence-corrected chi connectivity index (χ1v) is 13.5. The van der Waals surface area contributed by atoms with Gasteiger partial charge in [-0.25, -0.2) is 9.37 Å². The Morgan fingerprint density at radius 2 is 1.95 bits per heavy atom. The number of hydrogen-bond acceptors (Lipinski definition) is 6. The number of aromatic nitrogens is 1. The highest BCUT2D eigenvalue weighted by Crippen LogP contribution is 2.71. The number of benzene rings is 1. The molecule has 5 aliphatic rings. The van der Waals surface area contributed by atoms with Crippen LogP contribution in [0.15, 0.2) is 48.2 Å². The van der Waals surface area contributed by atoms with Crippen molar-refractivity contribution in [1.29, 1.82) is 0 Å². The predicted octanol–water partition coefficient (Wildman–Crippen LogP) is 4.01. The van der Waals surface area contributed by atoms with Crippen LogP contribution in [0.2, 0.25) is 0 Å². The van der Waals surface area contributed by atoms with Crippen molar-refractivity contribution in [2.75, 3.05) is 19.8 Å². The van der Waals surface area contributed by atoms with Gasteiger partial charge in [-0.2, -0.15) is 0 Å². The first-order chi connectivity index (χ1) is 17.5. The van der Waals surface area contributed by atoms with Crippen LogP contribution >= 0.6 is 0 Å². The molecule has 3 heterocycles. The number of pyridine rings is 1. The minimum Gasteiger partial charge on any atom is -0.388 e. The van der Waals surface area contributed by atoms with E-state index in [1.165, 1.54) is 5.57 Å². The number of hydrogen-bond donors (Lipinski definition) is 3. The summed E-state index contributed by atoms with van der Waals surface area (Å²) in [5.74, 6) is 0.499. The van der Waals surface area contributed by atoms with Crippen molar-refractivity contribution in [1.82, 2.24) is 9.88 Å². The van der Waals surface area contributed by atoms with Gasteiger partial charge >= 0.3 is 0 Å². The Bertz CT molecular complexity index is 1380. The molecule has 6 nitrogen and oxygen atoms in total. The molecule has 1 aromatic heterocycles. The van der Waals surface area contributed by atoms with Gasteiger partial charge in [0.1, 0.15) is 17.5 Å². The lowest BCUT2D eigenvalue weighted by atomic mass is 9.53. The van der Waals surface area contributed by atoms with E-state index >= 15 is 4.39 Å². The molecule has 2 spiro atoms. The van der Waals surface area contributed by atoms with E-state index in [2.05, 4.69) is 36.2 Å². The number of allylic oxidation sites excluding steroid dienone is 2. The molecule has 2 aromatic rings. The Kier molecular flexibility index (Phi) is 4.76. The number of nitrogens with two attached hydrogens (primary N) is 1. The van der Waals surface area contributed by atoms with E-state index in [0.29, 0.717) is 43.5 Å². The molecule has 3 fully saturated rings. The smallest absolute Gasteiger partial charge is 0.158 e. The van der Waals surface area contributed by atoms with Gasteiger partial charge in [0.25, 0.3) is 0 Å². The number of likely N-dealkylation sites (N-methyl/N-ethyl adjacent to an activating group) is 1. The molecule has 7 heteroatoms. The summed E-state index contributed by atoms with van der Waals surface area (Å²) in [5, 5.41) is 24.0. The van der Waals surface area contributed by atoms with Gasteiger partial charge in [0.05, 0.1) is 11.7 Å². The maximum Gasteiger partial charge on any atom is 0.158 e. The Morgan fingerprint density at radius 1 is 1.14 bits per heavy atom. The third-order valence-corrected chi connectivity index (χ3v) is 10.8. The summed E-state index contributed by atoms with van der Waals surface area (Å²) in [7, 11) is 3.82. The lowest BCUT2D eigenvalue weighted by Crippen LogP contribution is -2.68. The van der Waals surface area contributed by atoms with E-state index in [1.54, 1.807) is 12.3 Å². The summed E-state index contributed by atoms with van der Waals surface area (Å²) in [6.45, 7) is 2.28. The van der Waals surface area contributed by atoms with Crippen molar-refractivity contribution in [3.05, 3.63) is 53.8 Å². The van der Waals surface area contributed by atoms with Crippen LogP contribution in [0.3, 0.4) is 0 Å². The average Bonchev–Trinajstić information content (AvgIpc) is 3.40. The molecule has 0 radical (unpaired) electrons. The zero-order valence-corrected chi connectivity index (χ0v) is 21.7. The van der Waals surface area contributed by atoms with Crippen LogP contribution < -0.4 is 5.73 Å². The molecule has 2 saturated carbocycles. The van der Waals surface area contributed by atoms with Crippen molar-refractivity contribution in [3.63, 3.8) is 0 Å². The van der Waals surface area contributed by atoms with Gasteiger partial charge in [-0.3, -0.25) is 0 Å². The van der Waals surface area contributed by atoms with E-state index in [1.807, 2.05) is 25.1 Å². The standard InChI is InChI=1S/C30H36FN3O3/c1-27-9-11-29(31)15-21-24(35)25(36)22(34(2)3)16-28(21)10-12-30(29,37-28)23(27)7-6-20(27)18-5-4-17-8-13-33-26(32)19(17)14-18/h4-6,8,13-15,22-25,35-36H,7,9-12,16H2,1-3H3,(H2,32,33). The number of fused-ring (bicyclic) bond motifs is 2. The quantitative estimate of drug-likeness (QED) is 0.534. The molecule has 8 atom stereocenters. The minimum absolute atomic E-state index is 0.0188. The van der Waals surface area contributed by atoms with E-state index in [0.717, 1.165) is 22.8 Å². The Hall–Kier alpha value is -2.32. The van der Waals surface area contributed by atoms with E-state index in [-0.39, 0.29) is 17.4 Å². The molecule has 4 N–H and O–H groups in total. The van der Waals surface area contributed by atoms with Crippen LogP contribution in [-0.2, 0) is 4.74 Å². The normalized spacial score (nSPS) is 44.3. The molecule has 0 amide bonds. The average molecular weight is 506 g/mol. The molecule has 1 saturated heterocycles. The topological polar surface area (TPSA) is 91.8 Å². The summed E-state index contributed by atoms with van der Waals surface area (Å²) < 4.78 is 24.2. The third-order valence-electron chi connectivity index (χ3n) is 10.8. The summed E-state index contributed by atoms with van der Waals surface area (Å²) >= 11 is 0. The third kappa shape index (κ3) is 2.86. The fourth-order valence-electron chi connectivity index (χ4n) is 8.79. The van der Waals surface area contributed by atoms with Gasteiger partial charge in [0.2, 0.25) is 0 Å². The van der Waals surface area contributed by atoms with Crippen LogP contribution in [-0.4, -0.2) is 69.3 Å². The van der Waals surface area contributed by atoms with Crippen molar-refractivity contribution >= 4 is 22.2 Å². The summed E-state index contributed by atoms with van der Waals surface area (Å²) in [4.78, 5) is 6.22. The van der Waals surface area contributed by atoms with Crippen LogP contribution in [0.5, 0.6) is 0 Å². The number of nitrogen functional groups attached to an aromatic ring is 1. The SMILES string of the molecule is CN(C)C1CC23CCC4(O2)C2CC=C(c5ccc6ccnc(N)c6c5)C2(C)CCC4(F)C=C3C(O)C1O. The Labute approximate surface area is 217 Å². The van der Waals surface area contributed by atoms with Crippen molar-refractivity contribution in [2.45, 2.75) is 80.6 Å². The van der Waals surface area contributed by atoms with Crippen molar-refractivity contribution < 1.29 is 19.3 Å². The van der Waals surface area contributed by atoms with Gasteiger partial charge in [-0.05, 0) is 98.3 Å². The second kappa shape index (κ2) is 7.41. The Morgan fingerprint density at radius 3 is 2.73 bits per heavy atom. The molecule has 37 heavy (non-hydrogen) atoms. The number of ether oxygens (including phenoxy) is 1. The number of rotatable bonds is 2. The highest BCUT2D eigenvalue weighted by atomic mass is 19.1. The van der Waals surface area contributed by atoms with Gasteiger partial charge in [-0.15, -0.1) is 0 Å². The highest BCUT2D eigenvalue weighted by Gasteiger charge is 2.74. The molecule has 8 unspecified atom stereocenters. The van der Waals surface area contributed by atoms with Gasteiger partial charge in [0.15, 0.2) is 5.67 Å². The molecular formula is C30H36FN3O3. The summed E-state index contributed by atoms with van der Waals surface area (Å²) in [6, 6.07) is 8.08. The van der Waals surface area contributed by atoms with Gasteiger partial charge in [-0.1, -0.05) is 25.1 Å². The monoisotopic (exact) mass is 505 g/mol. The molecule has 3 aliphatic carbocycles. The van der Waals surface area contributed by atoms with Gasteiger partial charge < -0.3 is 25.6 Å². The van der Waals surface area contributed by atoms with Crippen LogP contribution in [0.1, 0.15) is 51.0 Å². The molecule has 2 aliphatic heterocycles. The van der Waals surface area contributed by atoms with Crippen LogP contribution in [0.4, 0.5) is 10.2 Å². The number of halogens is 1. The first kappa shape index (κ1) is 23.8. The largest absolute Gasteiger partial charge is 0.388 e. The van der Waals surface area contributed by atoms with E-state index in [9.17, 15) is 10.2 Å². The molecular weight excluding hydrogens is 469 g/mol. The van der Waals surface area contributed by atoms with E-state index < -0.39 is 29.1 Å². The summed E-state index contributed by atoms with van der Waals surface area (Å²) in [6.07, 6.45) is 7.21. The number of alkyl halides is 1. The molecule has 196 valence electrons. The van der Waals surface area contributed by atoms with Gasteiger partial charge in [0, 0.05) is 23.5 Å². The fourth-order valence-corrected chi connectivity index (χ4v) is 8.79. The zero-order valence-electron chi connectivity index (χ0n) is 21.7. The van der Waals surface area contributed by atoms with Crippen LogP contribution in [0, 0.1) is 11.3 Å². The number of aliphatic hydroxyl groups excluding tert-OH is 2. The van der Waals surface area contributed by atoms with E-state index in [4.69, 9.17) is 10.5 Å². The number of nitrogens with zero attached hydrogens (tertiary/aromatic N) is 2. The second-order valence-corrected chi connectivity index (χ2v) is 12.6. The summed E-state index contributed by atoms with van der Waals surface area (Å²) in [5.41, 5.74) is 5.53. The maximum atomic E-state index is 17.2. The lowest BCUT2D eigenvalue weighted by Gasteiger charge is -2.60. The molecule has 7 rings (SSSR count). The lowest BCUT2D eigenvalue weighted by molar-refractivity contribution is -0.239. The highest BCUT2D eigenvalue weighted by molar-refractivity contribution is 5.93. The maximum absolute atomic E-state index is 17.2. The van der Waals surface area contributed by atoms with Crippen molar-refractivity contribution in [3.8, 4) is 0 Å². The Balaban J connectivity index is 1.30. The fraction of sp³-hybridized carbons (Fsp3) is 0.567. The first-order valence-electron chi connectivity index (χ1n) is 13.5. The predicted molar refractivity (Wildman–Crippen MR) is 141 cm³/mol. The minimum atomic E-state index is -1.67. The van der Waals surface area contributed by atoms with Crippen LogP contribution in [0.25, 0.3) is 16.3 Å². The van der Waals surface area contributed by atoms with Crippen molar-refractivity contribution in [2.24, 2.45) is 11.3 Å². The molecule has 1 aromatic carbocycles. The second-order valence-electron chi connectivity index (χ2n) is 12.6.